The van der Waals surface area contributed by atoms with Crippen LogP contribution in [0.1, 0.15) is 43.5 Å². The zero-order valence-electron chi connectivity index (χ0n) is 12.5. The van der Waals surface area contributed by atoms with E-state index in [-0.39, 0.29) is 10.7 Å². The van der Waals surface area contributed by atoms with Crippen LogP contribution in [0.3, 0.4) is 0 Å². The molecule has 0 aromatic heterocycles. The number of ketones is 1. The van der Waals surface area contributed by atoms with Crippen molar-refractivity contribution in [3.05, 3.63) is 29.8 Å². The largest absolute Gasteiger partial charge is 0.468 e. The predicted octanol–water partition coefficient (Wildman–Crippen LogP) is 2.39. The number of esters is 1. The summed E-state index contributed by atoms with van der Waals surface area (Å²) in [5, 5.41) is -1.27. The van der Waals surface area contributed by atoms with Crippen LogP contribution in [-0.2, 0) is 19.4 Å². The molecule has 1 rings (SSSR count). The van der Waals surface area contributed by atoms with E-state index in [1.54, 1.807) is 0 Å². The smallest absolute Gasteiger partial charge is 0.324 e. The molecule has 0 saturated carbocycles. The Labute approximate surface area is 125 Å². The van der Waals surface area contributed by atoms with E-state index in [1.807, 2.05) is 6.92 Å². The lowest BCUT2D eigenvalue weighted by molar-refractivity contribution is -0.139. The molecule has 0 fully saturated rings. The van der Waals surface area contributed by atoms with E-state index in [1.165, 1.54) is 31.2 Å². The van der Waals surface area contributed by atoms with E-state index in [9.17, 15) is 18.0 Å². The average molecular weight is 312 g/mol. The summed E-state index contributed by atoms with van der Waals surface area (Å²) >= 11 is 0. The van der Waals surface area contributed by atoms with Gasteiger partial charge in [0, 0.05) is 12.0 Å². The van der Waals surface area contributed by atoms with Gasteiger partial charge in [0.05, 0.1) is 12.0 Å². The SMILES string of the molecule is CCCCC(=O)c1ccc(S(=O)(=O)C(C)C(=O)OC)cc1. The average Bonchev–Trinajstić information content (AvgIpc) is 2.51. The molecule has 6 heteroatoms. The summed E-state index contributed by atoms with van der Waals surface area (Å²) in [7, 11) is -2.65. The van der Waals surface area contributed by atoms with Crippen molar-refractivity contribution in [2.45, 2.75) is 43.3 Å². The van der Waals surface area contributed by atoms with E-state index < -0.39 is 21.1 Å². The van der Waals surface area contributed by atoms with Crippen molar-refractivity contribution in [3.8, 4) is 0 Å². The molecule has 0 saturated heterocycles. The fourth-order valence-corrected chi connectivity index (χ4v) is 3.08. The maximum absolute atomic E-state index is 12.2. The number of sulfone groups is 1. The molecular formula is C15H20O5S. The molecule has 1 unspecified atom stereocenters. The van der Waals surface area contributed by atoms with Gasteiger partial charge in [-0.2, -0.15) is 0 Å². The van der Waals surface area contributed by atoms with Crippen molar-refractivity contribution in [1.29, 1.82) is 0 Å². The Kier molecular flexibility index (Phi) is 6.08. The number of methoxy groups -OCH3 is 1. The highest BCUT2D eigenvalue weighted by atomic mass is 32.2. The molecule has 0 aliphatic heterocycles. The van der Waals surface area contributed by atoms with Gasteiger partial charge in [-0.1, -0.05) is 25.5 Å². The van der Waals surface area contributed by atoms with Gasteiger partial charge in [0.2, 0.25) is 0 Å². The first-order chi connectivity index (χ1) is 9.84. The second kappa shape index (κ2) is 7.36. The van der Waals surface area contributed by atoms with E-state index in [0.717, 1.165) is 20.0 Å². The number of carbonyl (C=O) groups excluding carboxylic acids is 2. The number of carbonyl (C=O) groups is 2. The zero-order valence-corrected chi connectivity index (χ0v) is 13.3. The van der Waals surface area contributed by atoms with E-state index in [4.69, 9.17) is 0 Å². The number of rotatable bonds is 7. The molecule has 1 aromatic carbocycles. The Morgan fingerprint density at radius 1 is 1.19 bits per heavy atom. The third kappa shape index (κ3) is 4.14. The summed E-state index contributed by atoms with van der Waals surface area (Å²) in [4.78, 5) is 23.2. The van der Waals surface area contributed by atoms with Gasteiger partial charge in [-0.15, -0.1) is 0 Å². The molecule has 0 radical (unpaired) electrons. The summed E-state index contributed by atoms with van der Waals surface area (Å²) in [6.07, 6.45) is 2.17. The predicted molar refractivity (Wildman–Crippen MR) is 79.0 cm³/mol. The highest BCUT2D eigenvalue weighted by Crippen LogP contribution is 2.18. The van der Waals surface area contributed by atoms with E-state index in [0.29, 0.717) is 12.0 Å². The maximum Gasteiger partial charge on any atom is 0.324 e. The molecule has 1 aromatic rings. The number of ether oxygens (including phenoxy) is 1. The number of unbranched alkanes of at least 4 members (excludes halogenated alkanes) is 1. The van der Waals surface area contributed by atoms with Gasteiger partial charge in [-0.05, 0) is 25.5 Å². The quantitative estimate of drug-likeness (QED) is 0.570. The fraction of sp³-hybridized carbons (Fsp3) is 0.467. The molecule has 116 valence electrons. The summed E-state index contributed by atoms with van der Waals surface area (Å²) in [5.41, 5.74) is 0.480. The lowest BCUT2D eigenvalue weighted by Crippen LogP contribution is -2.28. The number of Topliss-reactive ketones (excluding diaryl/α,β-unsaturated/α-hetero) is 1. The van der Waals surface area contributed by atoms with Gasteiger partial charge in [0.15, 0.2) is 20.9 Å². The van der Waals surface area contributed by atoms with Crippen LogP contribution in [0, 0.1) is 0 Å². The van der Waals surface area contributed by atoms with Gasteiger partial charge < -0.3 is 4.74 Å². The molecule has 0 aliphatic carbocycles. The minimum Gasteiger partial charge on any atom is -0.468 e. The second-order valence-corrected chi connectivity index (χ2v) is 7.03. The van der Waals surface area contributed by atoms with Gasteiger partial charge in [0.1, 0.15) is 0 Å². The first kappa shape index (κ1) is 17.4. The molecule has 0 N–H and O–H groups in total. The van der Waals surface area contributed by atoms with Crippen molar-refractivity contribution in [1.82, 2.24) is 0 Å². The lowest BCUT2D eigenvalue weighted by atomic mass is 10.1. The number of benzene rings is 1. The molecule has 1 atom stereocenters. The van der Waals surface area contributed by atoms with Crippen LogP contribution in [0.2, 0.25) is 0 Å². The first-order valence-electron chi connectivity index (χ1n) is 6.79. The Morgan fingerprint density at radius 2 is 1.76 bits per heavy atom. The molecule has 0 heterocycles. The van der Waals surface area contributed by atoms with Crippen molar-refractivity contribution in [2.24, 2.45) is 0 Å². The molecule has 0 aliphatic rings. The summed E-state index contributed by atoms with van der Waals surface area (Å²) in [6, 6.07) is 5.67. The monoisotopic (exact) mass is 312 g/mol. The Morgan fingerprint density at radius 3 is 2.24 bits per heavy atom. The fourth-order valence-electron chi connectivity index (χ4n) is 1.81. The summed E-state index contributed by atoms with van der Waals surface area (Å²) in [6.45, 7) is 3.28. The zero-order chi connectivity index (χ0) is 16.0. The Balaban J connectivity index is 2.96. The molecule has 0 spiro atoms. The number of hydrogen-bond donors (Lipinski definition) is 0. The van der Waals surface area contributed by atoms with Gasteiger partial charge >= 0.3 is 5.97 Å². The Hall–Kier alpha value is -1.69. The molecule has 0 bridgehead atoms. The molecule has 0 amide bonds. The van der Waals surface area contributed by atoms with Gasteiger partial charge in [0.25, 0.3) is 0 Å². The summed E-state index contributed by atoms with van der Waals surface area (Å²) in [5.74, 6) is -0.820. The van der Waals surface area contributed by atoms with Crippen LogP contribution in [0.25, 0.3) is 0 Å². The highest BCUT2D eigenvalue weighted by Gasteiger charge is 2.30. The first-order valence-corrected chi connectivity index (χ1v) is 8.34. The number of hydrogen-bond acceptors (Lipinski definition) is 5. The van der Waals surface area contributed by atoms with Crippen LogP contribution < -0.4 is 0 Å². The van der Waals surface area contributed by atoms with Crippen LogP contribution in [0.15, 0.2) is 29.2 Å². The topological polar surface area (TPSA) is 77.5 Å². The summed E-state index contributed by atoms with van der Waals surface area (Å²) < 4.78 is 28.9. The van der Waals surface area contributed by atoms with Crippen LogP contribution in [-0.4, -0.2) is 32.5 Å². The van der Waals surface area contributed by atoms with Crippen molar-refractivity contribution in [3.63, 3.8) is 0 Å². The van der Waals surface area contributed by atoms with Crippen LogP contribution in [0.4, 0.5) is 0 Å². The van der Waals surface area contributed by atoms with Crippen molar-refractivity contribution < 1.29 is 22.7 Å². The minimum absolute atomic E-state index is 0.00689. The normalized spacial score (nSPS) is 12.7. The van der Waals surface area contributed by atoms with Crippen LogP contribution in [0.5, 0.6) is 0 Å². The van der Waals surface area contributed by atoms with Gasteiger partial charge in [-0.3, -0.25) is 9.59 Å². The second-order valence-electron chi connectivity index (χ2n) is 4.76. The van der Waals surface area contributed by atoms with Crippen molar-refractivity contribution in [2.75, 3.05) is 7.11 Å². The molecule has 21 heavy (non-hydrogen) atoms. The van der Waals surface area contributed by atoms with Crippen LogP contribution >= 0.6 is 0 Å². The lowest BCUT2D eigenvalue weighted by Gasteiger charge is -2.11. The highest BCUT2D eigenvalue weighted by molar-refractivity contribution is 7.92. The molecular weight excluding hydrogens is 292 g/mol. The van der Waals surface area contributed by atoms with E-state index >= 15 is 0 Å². The maximum atomic E-state index is 12.2. The third-order valence-corrected chi connectivity index (χ3v) is 5.31. The third-order valence-electron chi connectivity index (χ3n) is 3.26. The van der Waals surface area contributed by atoms with E-state index in [2.05, 4.69) is 4.74 Å². The van der Waals surface area contributed by atoms with Gasteiger partial charge in [-0.25, -0.2) is 8.42 Å². The van der Waals surface area contributed by atoms with Crippen molar-refractivity contribution >= 4 is 21.6 Å². The minimum atomic E-state index is -3.80. The standard InChI is InChI=1S/C15H20O5S/c1-4-5-6-14(16)12-7-9-13(10-8-12)21(18,19)11(2)15(17)20-3/h7-11H,4-6H2,1-3H3. The molecule has 5 nitrogen and oxygen atoms in total. The Bertz CT molecular complexity index is 601.